The van der Waals surface area contributed by atoms with Gasteiger partial charge in [0.05, 0.1) is 13.2 Å². The fraction of sp³-hybridized carbons (Fsp3) is 0.316. The fourth-order valence-corrected chi connectivity index (χ4v) is 2.01. The SMILES string of the molecule is CCCOc1ccc(C(=O)c2ccc(OCCC)cc2)cc1. The van der Waals surface area contributed by atoms with Crippen molar-refractivity contribution >= 4 is 5.78 Å². The molecule has 0 heterocycles. The van der Waals surface area contributed by atoms with E-state index < -0.39 is 0 Å². The molecular weight excluding hydrogens is 276 g/mol. The zero-order chi connectivity index (χ0) is 15.8. The molecule has 0 spiro atoms. The van der Waals surface area contributed by atoms with E-state index >= 15 is 0 Å². The number of benzene rings is 2. The molecule has 0 amide bonds. The zero-order valence-corrected chi connectivity index (χ0v) is 13.2. The first kappa shape index (κ1) is 16.1. The van der Waals surface area contributed by atoms with Crippen LogP contribution in [-0.2, 0) is 0 Å². The van der Waals surface area contributed by atoms with Gasteiger partial charge in [-0.1, -0.05) is 13.8 Å². The van der Waals surface area contributed by atoms with Crippen LogP contribution < -0.4 is 9.47 Å². The standard InChI is InChI=1S/C19H22O3/c1-3-13-21-17-9-5-15(6-10-17)19(20)16-7-11-18(12-8-16)22-14-4-2/h5-12H,3-4,13-14H2,1-2H3. The Hall–Kier alpha value is -2.29. The van der Waals surface area contributed by atoms with E-state index in [1.165, 1.54) is 0 Å². The molecule has 0 radical (unpaired) electrons. The van der Waals surface area contributed by atoms with E-state index in [-0.39, 0.29) is 5.78 Å². The summed E-state index contributed by atoms with van der Waals surface area (Å²) in [4.78, 5) is 12.4. The summed E-state index contributed by atoms with van der Waals surface area (Å²) in [6, 6.07) is 14.5. The highest BCUT2D eigenvalue weighted by atomic mass is 16.5. The van der Waals surface area contributed by atoms with Crippen LogP contribution in [0.15, 0.2) is 48.5 Å². The van der Waals surface area contributed by atoms with Crippen molar-refractivity contribution in [2.24, 2.45) is 0 Å². The molecule has 2 rings (SSSR count). The molecule has 116 valence electrons. The lowest BCUT2D eigenvalue weighted by atomic mass is 10.0. The summed E-state index contributed by atoms with van der Waals surface area (Å²) in [6.45, 7) is 5.50. The Kier molecular flexibility index (Phi) is 6.01. The summed E-state index contributed by atoms with van der Waals surface area (Å²) < 4.78 is 11.0. The maximum absolute atomic E-state index is 12.4. The van der Waals surface area contributed by atoms with Crippen LogP contribution in [0.25, 0.3) is 0 Å². The van der Waals surface area contributed by atoms with Gasteiger partial charge >= 0.3 is 0 Å². The molecular formula is C19H22O3. The molecule has 0 fully saturated rings. The predicted molar refractivity (Wildman–Crippen MR) is 87.9 cm³/mol. The van der Waals surface area contributed by atoms with Crippen LogP contribution in [0.1, 0.15) is 42.6 Å². The van der Waals surface area contributed by atoms with Gasteiger partial charge in [-0.25, -0.2) is 0 Å². The summed E-state index contributed by atoms with van der Waals surface area (Å²) in [7, 11) is 0. The lowest BCUT2D eigenvalue weighted by Gasteiger charge is -2.07. The largest absolute Gasteiger partial charge is 0.494 e. The topological polar surface area (TPSA) is 35.5 Å². The summed E-state index contributed by atoms with van der Waals surface area (Å²) in [5, 5.41) is 0. The van der Waals surface area contributed by atoms with Gasteiger partial charge in [0.25, 0.3) is 0 Å². The number of hydrogen-bond donors (Lipinski definition) is 0. The van der Waals surface area contributed by atoms with Gasteiger partial charge in [0.15, 0.2) is 5.78 Å². The van der Waals surface area contributed by atoms with Crippen molar-refractivity contribution in [2.45, 2.75) is 26.7 Å². The van der Waals surface area contributed by atoms with E-state index in [1.54, 1.807) is 24.3 Å². The molecule has 0 atom stereocenters. The highest BCUT2D eigenvalue weighted by molar-refractivity contribution is 6.09. The van der Waals surface area contributed by atoms with Crippen molar-refractivity contribution in [3.05, 3.63) is 59.7 Å². The third-order valence-corrected chi connectivity index (χ3v) is 3.18. The number of hydrogen-bond acceptors (Lipinski definition) is 3. The average Bonchev–Trinajstić information content (AvgIpc) is 2.58. The van der Waals surface area contributed by atoms with Gasteiger partial charge in [0.1, 0.15) is 11.5 Å². The van der Waals surface area contributed by atoms with Crippen LogP contribution in [0.4, 0.5) is 0 Å². The fourth-order valence-electron chi connectivity index (χ4n) is 2.01. The number of ketones is 1. The Morgan fingerprint density at radius 3 is 1.41 bits per heavy atom. The number of carbonyl (C=O) groups excluding carboxylic acids is 1. The van der Waals surface area contributed by atoms with Gasteiger partial charge < -0.3 is 9.47 Å². The molecule has 2 aromatic rings. The van der Waals surface area contributed by atoms with E-state index in [1.807, 2.05) is 24.3 Å². The number of rotatable bonds is 8. The maximum Gasteiger partial charge on any atom is 0.193 e. The van der Waals surface area contributed by atoms with E-state index in [9.17, 15) is 4.79 Å². The van der Waals surface area contributed by atoms with Gasteiger partial charge in [-0.15, -0.1) is 0 Å². The number of ether oxygens (including phenoxy) is 2. The lowest BCUT2D eigenvalue weighted by Crippen LogP contribution is -2.02. The Morgan fingerprint density at radius 1 is 0.727 bits per heavy atom. The maximum atomic E-state index is 12.4. The third kappa shape index (κ3) is 4.35. The molecule has 0 saturated heterocycles. The van der Waals surface area contributed by atoms with Crippen molar-refractivity contribution in [1.29, 1.82) is 0 Å². The first-order chi connectivity index (χ1) is 10.7. The first-order valence-corrected chi connectivity index (χ1v) is 7.75. The van der Waals surface area contributed by atoms with E-state index in [0.717, 1.165) is 24.3 Å². The molecule has 0 saturated carbocycles. The third-order valence-electron chi connectivity index (χ3n) is 3.18. The molecule has 0 unspecified atom stereocenters. The average molecular weight is 298 g/mol. The second kappa shape index (κ2) is 8.23. The predicted octanol–water partition coefficient (Wildman–Crippen LogP) is 4.50. The lowest BCUT2D eigenvalue weighted by molar-refractivity contribution is 0.103. The second-order valence-electron chi connectivity index (χ2n) is 5.07. The summed E-state index contributed by atoms with van der Waals surface area (Å²) in [6.07, 6.45) is 1.93. The normalized spacial score (nSPS) is 10.3. The van der Waals surface area contributed by atoms with E-state index in [4.69, 9.17) is 9.47 Å². The van der Waals surface area contributed by atoms with Crippen molar-refractivity contribution in [1.82, 2.24) is 0 Å². The highest BCUT2D eigenvalue weighted by Crippen LogP contribution is 2.18. The van der Waals surface area contributed by atoms with Crippen LogP contribution in [-0.4, -0.2) is 19.0 Å². The van der Waals surface area contributed by atoms with Crippen molar-refractivity contribution in [3.8, 4) is 11.5 Å². The Labute approximate surface area is 131 Å². The molecule has 0 N–H and O–H groups in total. The van der Waals surface area contributed by atoms with Crippen LogP contribution >= 0.6 is 0 Å². The minimum absolute atomic E-state index is 0.00378. The molecule has 0 aliphatic rings. The highest BCUT2D eigenvalue weighted by Gasteiger charge is 2.09. The zero-order valence-electron chi connectivity index (χ0n) is 13.2. The molecule has 22 heavy (non-hydrogen) atoms. The molecule has 3 heteroatoms. The van der Waals surface area contributed by atoms with Crippen molar-refractivity contribution in [3.63, 3.8) is 0 Å². The minimum atomic E-state index is 0.00378. The smallest absolute Gasteiger partial charge is 0.193 e. The summed E-state index contributed by atoms with van der Waals surface area (Å²) in [5.41, 5.74) is 1.32. The molecule has 2 aromatic carbocycles. The van der Waals surface area contributed by atoms with Gasteiger partial charge in [-0.3, -0.25) is 4.79 Å². The van der Waals surface area contributed by atoms with E-state index in [2.05, 4.69) is 13.8 Å². The Morgan fingerprint density at radius 2 is 1.09 bits per heavy atom. The van der Waals surface area contributed by atoms with Gasteiger partial charge in [-0.2, -0.15) is 0 Å². The Bertz CT molecular complexity index is 532. The van der Waals surface area contributed by atoms with Crippen LogP contribution in [0.5, 0.6) is 11.5 Å². The van der Waals surface area contributed by atoms with Crippen molar-refractivity contribution in [2.75, 3.05) is 13.2 Å². The second-order valence-corrected chi connectivity index (χ2v) is 5.07. The monoisotopic (exact) mass is 298 g/mol. The molecule has 0 aliphatic carbocycles. The summed E-state index contributed by atoms with van der Waals surface area (Å²) in [5.74, 6) is 1.59. The van der Waals surface area contributed by atoms with Crippen LogP contribution in [0, 0.1) is 0 Å². The van der Waals surface area contributed by atoms with Crippen LogP contribution in [0.2, 0.25) is 0 Å². The quantitative estimate of drug-likeness (QED) is 0.673. The molecule has 0 aromatic heterocycles. The van der Waals surface area contributed by atoms with Gasteiger partial charge in [0.2, 0.25) is 0 Å². The van der Waals surface area contributed by atoms with Gasteiger partial charge in [-0.05, 0) is 61.4 Å². The molecule has 3 nitrogen and oxygen atoms in total. The summed E-state index contributed by atoms with van der Waals surface area (Å²) >= 11 is 0. The molecule has 0 bridgehead atoms. The Balaban J connectivity index is 2.04. The molecule has 0 aliphatic heterocycles. The number of carbonyl (C=O) groups is 1. The van der Waals surface area contributed by atoms with Crippen LogP contribution in [0.3, 0.4) is 0 Å². The van der Waals surface area contributed by atoms with E-state index in [0.29, 0.717) is 24.3 Å². The minimum Gasteiger partial charge on any atom is -0.494 e. The van der Waals surface area contributed by atoms with Gasteiger partial charge in [0, 0.05) is 11.1 Å². The van der Waals surface area contributed by atoms with Crippen molar-refractivity contribution < 1.29 is 14.3 Å². The first-order valence-electron chi connectivity index (χ1n) is 7.75.